The number of ether oxygens (including phenoxy) is 1. The molecule has 25 heavy (non-hydrogen) atoms. The molecular weight excluding hydrogens is 338 g/mol. The maximum atomic E-state index is 12.8. The SMILES string of the molecule is Cl.O=C(CCC1CCOCC1)N(Cc1cccnc1)CC1CCNC1. The number of carbonyl (C=O) groups is 1. The summed E-state index contributed by atoms with van der Waals surface area (Å²) in [6.45, 7) is 5.34. The predicted octanol–water partition coefficient (Wildman–Crippen LogP) is 2.65. The molecule has 0 radical (unpaired) electrons. The Hall–Kier alpha value is -1.17. The Balaban J connectivity index is 0.00000225. The highest BCUT2D eigenvalue weighted by Gasteiger charge is 2.23. The molecule has 0 aliphatic carbocycles. The summed E-state index contributed by atoms with van der Waals surface area (Å²) >= 11 is 0. The standard InChI is InChI=1S/C19H29N3O2.ClH/c23-19(4-3-16-6-10-24-11-7-16)22(15-18-5-9-21-13-18)14-17-2-1-8-20-12-17;/h1-2,8,12,16,18,21H,3-7,9-11,13-15H2;1H. The second-order valence-electron chi connectivity index (χ2n) is 7.09. The third-order valence-electron chi connectivity index (χ3n) is 5.20. The van der Waals surface area contributed by atoms with Crippen molar-refractivity contribution in [1.29, 1.82) is 0 Å². The second kappa shape index (κ2) is 10.7. The molecule has 3 rings (SSSR count). The first-order valence-corrected chi connectivity index (χ1v) is 9.26. The molecule has 1 unspecified atom stereocenters. The minimum atomic E-state index is 0. The minimum Gasteiger partial charge on any atom is -0.381 e. The number of carbonyl (C=O) groups excluding carboxylic acids is 1. The molecule has 5 nitrogen and oxygen atoms in total. The molecule has 6 heteroatoms. The number of amides is 1. The van der Waals surface area contributed by atoms with E-state index in [9.17, 15) is 4.79 Å². The molecule has 140 valence electrons. The average molecular weight is 368 g/mol. The summed E-state index contributed by atoms with van der Waals surface area (Å²) in [4.78, 5) is 19.1. The van der Waals surface area contributed by atoms with Gasteiger partial charge in [-0.25, -0.2) is 0 Å². The topological polar surface area (TPSA) is 54.5 Å². The Bertz CT molecular complexity index is 503. The first-order chi connectivity index (χ1) is 11.8. The van der Waals surface area contributed by atoms with E-state index in [0.29, 0.717) is 24.8 Å². The first kappa shape index (κ1) is 20.1. The van der Waals surface area contributed by atoms with Crippen molar-refractivity contribution < 1.29 is 9.53 Å². The third kappa shape index (κ3) is 6.57. The van der Waals surface area contributed by atoms with Crippen molar-refractivity contribution in [2.45, 2.75) is 38.6 Å². The molecule has 1 aromatic heterocycles. The summed E-state index contributed by atoms with van der Waals surface area (Å²) in [5, 5.41) is 3.40. The highest BCUT2D eigenvalue weighted by molar-refractivity contribution is 5.85. The smallest absolute Gasteiger partial charge is 0.222 e. The van der Waals surface area contributed by atoms with Gasteiger partial charge in [0.2, 0.25) is 5.91 Å². The Labute approximate surface area is 156 Å². The van der Waals surface area contributed by atoms with E-state index in [1.54, 1.807) is 6.20 Å². The van der Waals surface area contributed by atoms with Gasteiger partial charge in [-0.2, -0.15) is 0 Å². The van der Waals surface area contributed by atoms with Crippen molar-refractivity contribution in [1.82, 2.24) is 15.2 Å². The van der Waals surface area contributed by atoms with Crippen molar-refractivity contribution in [3.8, 4) is 0 Å². The predicted molar refractivity (Wildman–Crippen MR) is 101 cm³/mol. The maximum absolute atomic E-state index is 12.8. The lowest BCUT2D eigenvalue weighted by Crippen LogP contribution is -2.36. The third-order valence-corrected chi connectivity index (χ3v) is 5.20. The van der Waals surface area contributed by atoms with Gasteiger partial charge in [-0.15, -0.1) is 12.4 Å². The number of pyridine rings is 1. The number of nitrogens with zero attached hydrogens (tertiary/aromatic N) is 2. The van der Waals surface area contributed by atoms with Gasteiger partial charge >= 0.3 is 0 Å². The fourth-order valence-electron chi connectivity index (χ4n) is 3.67. The van der Waals surface area contributed by atoms with Gasteiger partial charge < -0.3 is 15.0 Å². The summed E-state index contributed by atoms with van der Waals surface area (Å²) in [5.41, 5.74) is 1.11. The zero-order valence-corrected chi connectivity index (χ0v) is 15.7. The molecule has 1 aromatic rings. The van der Waals surface area contributed by atoms with Gasteiger partial charge in [0.15, 0.2) is 0 Å². The van der Waals surface area contributed by atoms with Gasteiger partial charge in [0.25, 0.3) is 0 Å². The van der Waals surface area contributed by atoms with Crippen LogP contribution < -0.4 is 5.32 Å². The number of hydrogen-bond acceptors (Lipinski definition) is 4. The van der Waals surface area contributed by atoms with Crippen LogP contribution in [0.1, 0.15) is 37.7 Å². The monoisotopic (exact) mass is 367 g/mol. The summed E-state index contributed by atoms with van der Waals surface area (Å²) in [7, 11) is 0. The zero-order valence-electron chi connectivity index (χ0n) is 14.9. The Morgan fingerprint density at radius 1 is 1.28 bits per heavy atom. The highest BCUT2D eigenvalue weighted by atomic mass is 35.5. The number of rotatable bonds is 7. The van der Waals surface area contributed by atoms with Gasteiger partial charge in [-0.1, -0.05) is 6.07 Å². The molecule has 1 N–H and O–H groups in total. The van der Waals surface area contributed by atoms with E-state index >= 15 is 0 Å². The van der Waals surface area contributed by atoms with Crippen molar-refractivity contribution >= 4 is 18.3 Å². The molecule has 2 aliphatic heterocycles. The molecule has 3 heterocycles. The quantitative estimate of drug-likeness (QED) is 0.805. The van der Waals surface area contributed by atoms with E-state index in [0.717, 1.165) is 64.1 Å². The van der Waals surface area contributed by atoms with Crippen molar-refractivity contribution in [3.63, 3.8) is 0 Å². The van der Waals surface area contributed by atoms with Crippen LogP contribution >= 0.6 is 12.4 Å². The molecule has 2 fully saturated rings. The molecule has 0 bridgehead atoms. The molecule has 0 saturated carbocycles. The molecule has 0 aromatic carbocycles. The lowest BCUT2D eigenvalue weighted by atomic mass is 9.94. The van der Waals surface area contributed by atoms with Crippen LogP contribution in [0.25, 0.3) is 0 Å². The highest BCUT2D eigenvalue weighted by Crippen LogP contribution is 2.21. The summed E-state index contributed by atoms with van der Waals surface area (Å²) in [6, 6.07) is 4.00. The normalized spacial score (nSPS) is 20.9. The molecule has 1 amide bonds. The van der Waals surface area contributed by atoms with Crippen LogP contribution in [0.3, 0.4) is 0 Å². The Kier molecular flexibility index (Phi) is 8.65. The van der Waals surface area contributed by atoms with Crippen molar-refractivity contribution in [3.05, 3.63) is 30.1 Å². The van der Waals surface area contributed by atoms with Gasteiger partial charge in [0.05, 0.1) is 0 Å². The van der Waals surface area contributed by atoms with Crippen LogP contribution in [-0.2, 0) is 16.1 Å². The fraction of sp³-hybridized carbons (Fsp3) is 0.684. The van der Waals surface area contributed by atoms with E-state index in [2.05, 4.69) is 16.4 Å². The van der Waals surface area contributed by atoms with E-state index < -0.39 is 0 Å². The molecule has 1 atom stereocenters. The van der Waals surface area contributed by atoms with Gasteiger partial charge in [0, 0.05) is 45.1 Å². The van der Waals surface area contributed by atoms with Crippen LogP contribution in [0.2, 0.25) is 0 Å². The molecule has 2 saturated heterocycles. The number of halogens is 1. The zero-order chi connectivity index (χ0) is 16.6. The van der Waals surface area contributed by atoms with Crippen molar-refractivity contribution in [2.24, 2.45) is 11.8 Å². The minimum absolute atomic E-state index is 0. The number of nitrogens with one attached hydrogen (secondary N) is 1. The van der Waals surface area contributed by atoms with Gasteiger partial charge in [0.1, 0.15) is 0 Å². The Morgan fingerprint density at radius 2 is 2.12 bits per heavy atom. The van der Waals surface area contributed by atoms with Crippen LogP contribution in [-0.4, -0.2) is 48.6 Å². The van der Waals surface area contributed by atoms with Crippen LogP contribution in [0, 0.1) is 11.8 Å². The Morgan fingerprint density at radius 3 is 2.80 bits per heavy atom. The van der Waals surface area contributed by atoms with E-state index in [1.807, 2.05) is 17.2 Å². The second-order valence-corrected chi connectivity index (χ2v) is 7.09. The first-order valence-electron chi connectivity index (χ1n) is 9.26. The summed E-state index contributed by atoms with van der Waals surface area (Å²) in [6.07, 6.45) is 8.66. The van der Waals surface area contributed by atoms with E-state index in [1.165, 1.54) is 0 Å². The fourth-order valence-corrected chi connectivity index (χ4v) is 3.67. The number of hydrogen-bond donors (Lipinski definition) is 1. The number of aromatic nitrogens is 1. The van der Waals surface area contributed by atoms with Gasteiger partial charge in [-0.05, 0) is 62.2 Å². The van der Waals surface area contributed by atoms with Gasteiger partial charge in [-0.3, -0.25) is 9.78 Å². The summed E-state index contributed by atoms with van der Waals surface area (Å²) in [5.74, 6) is 1.52. The van der Waals surface area contributed by atoms with Crippen LogP contribution in [0.5, 0.6) is 0 Å². The largest absolute Gasteiger partial charge is 0.381 e. The lowest BCUT2D eigenvalue weighted by molar-refractivity contribution is -0.132. The lowest BCUT2D eigenvalue weighted by Gasteiger charge is -2.27. The molecule has 0 spiro atoms. The maximum Gasteiger partial charge on any atom is 0.222 e. The average Bonchev–Trinajstić information content (AvgIpc) is 3.14. The van der Waals surface area contributed by atoms with E-state index in [-0.39, 0.29) is 18.3 Å². The van der Waals surface area contributed by atoms with Crippen LogP contribution in [0.4, 0.5) is 0 Å². The van der Waals surface area contributed by atoms with E-state index in [4.69, 9.17) is 4.74 Å². The van der Waals surface area contributed by atoms with Crippen LogP contribution in [0.15, 0.2) is 24.5 Å². The molecular formula is C19H30ClN3O2. The molecule has 2 aliphatic rings. The summed E-state index contributed by atoms with van der Waals surface area (Å²) < 4.78 is 5.41. The van der Waals surface area contributed by atoms with Crippen molar-refractivity contribution in [2.75, 3.05) is 32.8 Å².